The molecule has 1 N–H and O–H groups in total. The van der Waals surface area contributed by atoms with Crippen LogP contribution in [0.1, 0.15) is 46.1 Å². The number of halogens is 3. The Morgan fingerprint density at radius 1 is 1.36 bits per heavy atom. The van der Waals surface area contributed by atoms with Gasteiger partial charge in [0.1, 0.15) is 11.3 Å². The average molecular weight is 480 g/mol. The van der Waals surface area contributed by atoms with Gasteiger partial charge in [0.2, 0.25) is 0 Å². The third-order valence-electron chi connectivity index (χ3n) is 5.30. The highest BCUT2D eigenvalue weighted by molar-refractivity contribution is 9.10. The van der Waals surface area contributed by atoms with Gasteiger partial charge in [-0.2, -0.15) is 8.78 Å². The predicted octanol–water partition coefficient (Wildman–Crippen LogP) is 4.07. The lowest BCUT2D eigenvalue weighted by Crippen LogP contribution is -2.68. The van der Waals surface area contributed by atoms with E-state index >= 15 is 8.78 Å². The van der Waals surface area contributed by atoms with Crippen molar-refractivity contribution in [2.45, 2.75) is 56.7 Å². The van der Waals surface area contributed by atoms with Crippen molar-refractivity contribution in [2.24, 2.45) is 5.41 Å². The molecular formula is C19H24BrF2NO4S. The molecule has 1 aromatic rings. The number of carbonyl (C=O) groups is 1. The van der Waals surface area contributed by atoms with Gasteiger partial charge in [-0.05, 0) is 58.7 Å². The van der Waals surface area contributed by atoms with E-state index in [2.05, 4.69) is 20.7 Å². The molecule has 1 heterocycles. The first-order chi connectivity index (χ1) is 12.9. The fourth-order valence-corrected chi connectivity index (χ4v) is 5.00. The number of ether oxygens (including phenoxy) is 2. The van der Waals surface area contributed by atoms with Crippen LogP contribution in [0, 0.1) is 5.41 Å². The minimum Gasteiger partial charge on any atom is -0.493 e. The second kappa shape index (κ2) is 7.02. The molecule has 1 fully saturated rings. The Labute approximate surface area is 174 Å². The Hall–Kier alpha value is -1.06. The zero-order valence-electron chi connectivity index (χ0n) is 16.2. The maximum atomic E-state index is 15.9. The Balaban J connectivity index is 2.29. The first-order valence-corrected chi connectivity index (χ1v) is 11.0. The average Bonchev–Trinajstić information content (AvgIpc) is 3.37. The Morgan fingerprint density at radius 3 is 2.54 bits per heavy atom. The van der Waals surface area contributed by atoms with Gasteiger partial charge in [-0.25, -0.2) is 13.7 Å². The lowest BCUT2D eigenvalue weighted by Gasteiger charge is -2.49. The first-order valence-electron chi connectivity index (χ1n) is 9.09. The van der Waals surface area contributed by atoms with Crippen LogP contribution in [-0.2, 0) is 26.1 Å². The van der Waals surface area contributed by atoms with E-state index in [-0.39, 0.29) is 24.5 Å². The number of hydrogen-bond acceptors (Lipinski definition) is 4. The summed E-state index contributed by atoms with van der Waals surface area (Å²) < 4.78 is 57.8. The SMILES string of the molecule is CCOC(=O)C(F)(F)C1(NS(=O)C(C)(C)C)c2cc(Br)ccc2OCC12CC2. The fourth-order valence-electron chi connectivity index (χ4n) is 3.60. The summed E-state index contributed by atoms with van der Waals surface area (Å²) in [5.74, 6) is -5.35. The van der Waals surface area contributed by atoms with E-state index in [4.69, 9.17) is 9.47 Å². The van der Waals surface area contributed by atoms with Crippen molar-refractivity contribution in [1.82, 2.24) is 4.72 Å². The molecule has 1 aliphatic heterocycles. The highest BCUT2D eigenvalue weighted by Gasteiger charge is 2.77. The molecule has 1 spiro atoms. The Kier molecular flexibility index (Phi) is 5.43. The minimum absolute atomic E-state index is 0.00493. The van der Waals surface area contributed by atoms with Crippen molar-refractivity contribution in [3.8, 4) is 5.75 Å². The summed E-state index contributed by atoms with van der Waals surface area (Å²) in [6.07, 6.45) is 0.838. The monoisotopic (exact) mass is 479 g/mol. The molecule has 2 atom stereocenters. The molecule has 28 heavy (non-hydrogen) atoms. The van der Waals surface area contributed by atoms with E-state index in [1.54, 1.807) is 32.9 Å². The molecule has 9 heteroatoms. The van der Waals surface area contributed by atoms with Crippen LogP contribution in [-0.4, -0.2) is 34.1 Å². The van der Waals surface area contributed by atoms with Gasteiger partial charge in [0, 0.05) is 15.5 Å². The van der Waals surface area contributed by atoms with Crippen molar-refractivity contribution in [2.75, 3.05) is 13.2 Å². The van der Waals surface area contributed by atoms with E-state index in [1.165, 1.54) is 13.0 Å². The zero-order valence-corrected chi connectivity index (χ0v) is 18.6. The van der Waals surface area contributed by atoms with Gasteiger partial charge < -0.3 is 9.47 Å². The molecule has 0 saturated heterocycles. The molecule has 0 aromatic heterocycles. The second-order valence-corrected chi connectivity index (χ2v) is 11.1. The van der Waals surface area contributed by atoms with Crippen LogP contribution in [0.4, 0.5) is 8.78 Å². The first kappa shape index (κ1) is 21.6. The van der Waals surface area contributed by atoms with E-state index in [0.29, 0.717) is 17.3 Å². The molecular weight excluding hydrogens is 456 g/mol. The molecule has 0 radical (unpaired) electrons. The third kappa shape index (κ3) is 3.19. The topological polar surface area (TPSA) is 64.6 Å². The summed E-state index contributed by atoms with van der Waals surface area (Å²) in [6, 6.07) is 4.76. The van der Waals surface area contributed by atoms with E-state index in [1.807, 2.05) is 0 Å². The summed E-state index contributed by atoms with van der Waals surface area (Å²) >= 11 is 3.32. The van der Waals surface area contributed by atoms with Crippen molar-refractivity contribution >= 4 is 32.9 Å². The zero-order chi connectivity index (χ0) is 21.0. The van der Waals surface area contributed by atoms with E-state index in [0.717, 1.165) is 0 Å². The molecule has 5 nitrogen and oxygen atoms in total. The van der Waals surface area contributed by atoms with Crippen molar-refractivity contribution in [3.05, 3.63) is 28.2 Å². The van der Waals surface area contributed by atoms with Gasteiger partial charge in [0.05, 0.1) is 28.9 Å². The van der Waals surface area contributed by atoms with Crippen LogP contribution in [0.5, 0.6) is 5.75 Å². The largest absolute Gasteiger partial charge is 0.493 e. The van der Waals surface area contributed by atoms with Gasteiger partial charge >= 0.3 is 11.9 Å². The van der Waals surface area contributed by atoms with Gasteiger partial charge in [-0.1, -0.05) is 15.9 Å². The summed E-state index contributed by atoms with van der Waals surface area (Å²) in [4.78, 5) is 12.4. The number of rotatable bonds is 5. The molecule has 0 bridgehead atoms. The molecule has 156 valence electrons. The molecule has 1 aliphatic carbocycles. The molecule has 0 amide bonds. The van der Waals surface area contributed by atoms with Crippen LogP contribution in [0.2, 0.25) is 0 Å². The highest BCUT2D eigenvalue weighted by Crippen LogP contribution is 2.67. The summed E-state index contributed by atoms with van der Waals surface area (Å²) in [5, 5.41) is 0. The Morgan fingerprint density at radius 2 is 2.00 bits per heavy atom. The van der Waals surface area contributed by atoms with Gasteiger partial charge in [-0.15, -0.1) is 0 Å². The van der Waals surface area contributed by atoms with Crippen LogP contribution < -0.4 is 9.46 Å². The van der Waals surface area contributed by atoms with Crippen molar-refractivity contribution in [3.63, 3.8) is 0 Å². The number of hydrogen-bond donors (Lipinski definition) is 1. The number of fused-ring (bicyclic) bond motifs is 1. The number of carbonyl (C=O) groups excluding carboxylic acids is 1. The van der Waals surface area contributed by atoms with Crippen LogP contribution >= 0.6 is 15.9 Å². The number of nitrogens with one attached hydrogen (secondary N) is 1. The summed E-state index contributed by atoms with van der Waals surface area (Å²) in [6.45, 7) is 6.36. The summed E-state index contributed by atoms with van der Waals surface area (Å²) in [5.41, 5.74) is -3.15. The van der Waals surface area contributed by atoms with Crippen LogP contribution in [0.15, 0.2) is 22.7 Å². The lowest BCUT2D eigenvalue weighted by atomic mass is 9.70. The van der Waals surface area contributed by atoms with Gasteiger partial charge in [0.15, 0.2) is 0 Å². The number of alkyl halides is 2. The van der Waals surface area contributed by atoms with E-state index < -0.39 is 38.6 Å². The molecule has 1 aromatic carbocycles. The third-order valence-corrected chi connectivity index (χ3v) is 7.40. The van der Waals surface area contributed by atoms with Gasteiger partial charge in [-0.3, -0.25) is 0 Å². The minimum atomic E-state index is -3.96. The quantitative estimate of drug-likeness (QED) is 0.646. The lowest BCUT2D eigenvalue weighted by molar-refractivity contribution is -0.195. The predicted molar refractivity (Wildman–Crippen MR) is 106 cm³/mol. The van der Waals surface area contributed by atoms with Gasteiger partial charge in [0.25, 0.3) is 0 Å². The van der Waals surface area contributed by atoms with Crippen molar-refractivity contribution < 1.29 is 27.3 Å². The van der Waals surface area contributed by atoms with Crippen LogP contribution in [0.3, 0.4) is 0 Å². The van der Waals surface area contributed by atoms with Crippen LogP contribution in [0.25, 0.3) is 0 Å². The standard InChI is InChI=1S/C19H24BrF2NO4S/c1-5-26-15(24)19(21,22)18(23-28(25)16(2,3)4)13-10-12(20)6-7-14(13)27-11-17(18)8-9-17/h6-7,10,23H,5,8-9,11H2,1-4H3. The number of esters is 1. The molecule has 3 rings (SSSR count). The maximum absolute atomic E-state index is 15.9. The molecule has 2 aliphatic rings. The smallest absolute Gasteiger partial charge is 0.379 e. The fraction of sp³-hybridized carbons (Fsp3) is 0.632. The maximum Gasteiger partial charge on any atom is 0.379 e. The van der Waals surface area contributed by atoms with Crippen molar-refractivity contribution in [1.29, 1.82) is 0 Å². The molecule has 2 unspecified atom stereocenters. The highest BCUT2D eigenvalue weighted by atomic mass is 79.9. The van der Waals surface area contributed by atoms with E-state index in [9.17, 15) is 9.00 Å². The Bertz CT molecular complexity index is 823. The summed E-state index contributed by atoms with van der Waals surface area (Å²) in [7, 11) is -1.87. The normalized spacial score (nSPS) is 24.2. The second-order valence-electron chi connectivity index (χ2n) is 8.24. The number of benzene rings is 1. The molecule has 1 saturated carbocycles.